The summed E-state index contributed by atoms with van der Waals surface area (Å²) in [6.07, 6.45) is 1.66. The standard InChI is InChI=1S/C22H23ClN4O4S/c1-30-12-17-22(29)26(11-14-2-3-16-15(10-14)6-7-25-21(16)24)8-9-27(17)19(28)13-31-20-5-4-18(23)32-20/h2-7,10,17H,8-9,11-13H2,1H3,(H2,24,25)/t17-/m1/s1. The highest BCUT2D eigenvalue weighted by atomic mass is 35.5. The van der Waals surface area contributed by atoms with Crippen molar-refractivity contribution in [2.75, 3.05) is 39.1 Å². The Labute approximate surface area is 194 Å². The van der Waals surface area contributed by atoms with Crippen LogP contribution in [0.2, 0.25) is 4.34 Å². The average Bonchev–Trinajstić information content (AvgIpc) is 3.20. The van der Waals surface area contributed by atoms with Crippen molar-refractivity contribution in [3.63, 3.8) is 0 Å². The maximum Gasteiger partial charge on any atom is 0.261 e. The number of anilines is 1. The van der Waals surface area contributed by atoms with Gasteiger partial charge in [-0.25, -0.2) is 4.98 Å². The lowest BCUT2D eigenvalue weighted by Crippen LogP contribution is -2.60. The number of halogens is 1. The minimum atomic E-state index is -0.697. The third-order valence-electron chi connectivity index (χ3n) is 5.35. The fourth-order valence-electron chi connectivity index (χ4n) is 3.77. The molecule has 32 heavy (non-hydrogen) atoms. The molecule has 2 aromatic heterocycles. The molecule has 2 amide bonds. The van der Waals surface area contributed by atoms with Gasteiger partial charge in [-0.15, -0.1) is 0 Å². The van der Waals surface area contributed by atoms with Crippen molar-refractivity contribution < 1.29 is 19.1 Å². The average molecular weight is 475 g/mol. The van der Waals surface area contributed by atoms with Gasteiger partial charge in [0.25, 0.3) is 5.91 Å². The van der Waals surface area contributed by atoms with Crippen molar-refractivity contribution in [3.8, 4) is 5.06 Å². The number of piperazine rings is 1. The Morgan fingerprint density at radius 2 is 2.12 bits per heavy atom. The monoisotopic (exact) mass is 474 g/mol. The van der Waals surface area contributed by atoms with E-state index in [0.29, 0.717) is 34.9 Å². The molecule has 3 aromatic rings. The van der Waals surface area contributed by atoms with Crippen LogP contribution in [0.5, 0.6) is 5.06 Å². The Morgan fingerprint density at radius 1 is 1.28 bits per heavy atom. The second kappa shape index (κ2) is 9.72. The zero-order valence-electron chi connectivity index (χ0n) is 17.5. The molecule has 1 saturated heterocycles. The van der Waals surface area contributed by atoms with Crippen molar-refractivity contribution in [2.24, 2.45) is 0 Å². The van der Waals surface area contributed by atoms with Crippen LogP contribution in [-0.4, -0.2) is 66.1 Å². The lowest BCUT2D eigenvalue weighted by atomic mass is 10.1. The number of thiophene rings is 1. The molecule has 1 fully saturated rings. The second-order valence-electron chi connectivity index (χ2n) is 7.42. The first-order valence-electron chi connectivity index (χ1n) is 10.0. The highest BCUT2D eigenvalue weighted by molar-refractivity contribution is 7.17. The van der Waals surface area contributed by atoms with Crippen LogP contribution in [0.3, 0.4) is 0 Å². The molecule has 2 N–H and O–H groups in total. The molecule has 1 aliphatic heterocycles. The van der Waals surface area contributed by atoms with Crippen molar-refractivity contribution in [3.05, 3.63) is 52.5 Å². The Kier molecular flexibility index (Phi) is 6.78. The van der Waals surface area contributed by atoms with Gasteiger partial charge in [-0.1, -0.05) is 35.1 Å². The van der Waals surface area contributed by atoms with Gasteiger partial charge < -0.3 is 25.0 Å². The van der Waals surface area contributed by atoms with Gasteiger partial charge in [-0.3, -0.25) is 9.59 Å². The van der Waals surface area contributed by atoms with Crippen LogP contribution >= 0.6 is 22.9 Å². The van der Waals surface area contributed by atoms with Crippen LogP contribution in [0, 0.1) is 0 Å². The Bertz CT molecular complexity index is 1140. The maximum atomic E-state index is 13.2. The minimum Gasteiger partial charge on any atom is -0.474 e. The SMILES string of the molecule is COC[C@@H]1C(=O)N(Cc2ccc3c(N)nccc3c2)CCN1C(=O)COc1ccc(Cl)s1. The number of ether oxygens (including phenoxy) is 2. The molecule has 10 heteroatoms. The van der Waals surface area contributed by atoms with E-state index in [1.54, 1.807) is 23.2 Å². The quantitative estimate of drug-likeness (QED) is 0.565. The van der Waals surface area contributed by atoms with Gasteiger partial charge in [0.15, 0.2) is 11.7 Å². The van der Waals surface area contributed by atoms with Crippen LogP contribution in [0.15, 0.2) is 42.6 Å². The van der Waals surface area contributed by atoms with Crippen LogP contribution in [0.25, 0.3) is 10.8 Å². The normalized spacial score (nSPS) is 16.6. The predicted molar refractivity (Wildman–Crippen MR) is 124 cm³/mol. The van der Waals surface area contributed by atoms with Crippen LogP contribution in [-0.2, 0) is 20.9 Å². The van der Waals surface area contributed by atoms with Crippen LogP contribution in [0.4, 0.5) is 5.82 Å². The smallest absolute Gasteiger partial charge is 0.261 e. The first kappa shape index (κ1) is 22.3. The second-order valence-corrected chi connectivity index (χ2v) is 9.09. The summed E-state index contributed by atoms with van der Waals surface area (Å²) in [5, 5.41) is 2.40. The number of benzene rings is 1. The molecule has 8 nitrogen and oxygen atoms in total. The molecule has 1 aromatic carbocycles. The molecule has 0 bridgehead atoms. The van der Waals surface area contributed by atoms with Gasteiger partial charge in [-0.05, 0) is 35.2 Å². The minimum absolute atomic E-state index is 0.117. The summed E-state index contributed by atoms with van der Waals surface area (Å²) in [4.78, 5) is 33.4. The Hall–Kier alpha value is -2.88. The zero-order chi connectivity index (χ0) is 22.7. The highest BCUT2D eigenvalue weighted by Gasteiger charge is 2.37. The van der Waals surface area contributed by atoms with E-state index in [9.17, 15) is 9.59 Å². The molecule has 3 heterocycles. The number of carbonyl (C=O) groups excluding carboxylic acids is 2. The van der Waals surface area contributed by atoms with Gasteiger partial charge in [0.1, 0.15) is 11.9 Å². The molecule has 0 radical (unpaired) electrons. The number of carbonyl (C=O) groups is 2. The van der Waals surface area contributed by atoms with Gasteiger partial charge in [0.2, 0.25) is 5.91 Å². The molecular weight excluding hydrogens is 452 g/mol. The van der Waals surface area contributed by atoms with Gasteiger partial charge in [0, 0.05) is 38.3 Å². The summed E-state index contributed by atoms with van der Waals surface area (Å²) in [5.74, 6) is 0.0580. The molecule has 0 spiro atoms. The number of pyridine rings is 1. The number of aromatic nitrogens is 1. The first-order valence-corrected chi connectivity index (χ1v) is 11.2. The van der Waals surface area contributed by atoms with Crippen LogP contribution < -0.4 is 10.5 Å². The zero-order valence-corrected chi connectivity index (χ0v) is 19.1. The van der Waals surface area contributed by atoms with E-state index in [0.717, 1.165) is 16.3 Å². The molecule has 0 saturated carbocycles. The van der Waals surface area contributed by atoms with Gasteiger partial charge >= 0.3 is 0 Å². The molecular formula is C22H23ClN4O4S. The van der Waals surface area contributed by atoms with E-state index >= 15 is 0 Å². The summed E-state index contributed by atoms with van der Waals surface area (Å²) < 4.78 is 11.4. The Morgan fingerprint density at radius 3 is 2.88 bits per heavy atom. The predicted octanol–water partition coefficient (Wildman–Crippen LogP) is 2.80. The number of nitrogens with zero attached hydrogens (tertiary/aromatic N) is 3. The number of amides is 2. The number of nitrogens with two attached hydrogens (primary N) is 1. The third kappa shape index (κ3) is 4.79. The number of hydrogen-bond donors (Lipinski definition) is 1. The molecule has 1 aliphatic rings. The topological polar surface area (TPSA) is 98.0 Å². The number of methoxy groups -OCH3 is 1. The van der Waals surface area contributed by atoms with E-state index in [2.05, 4.69) is 4.98 Å². The summed E-state index contributed by atoms with van der Waals surface area (Å²) in [5.41, 5.74) is 6.90. The van der Waals surface area contributed by atoms with E-state index in [4.69, 9.17) is 26.8 Å². The maximum absolute atomic E-state index is 13.2. The third-order valence-corrected chi connectivity index (χ3v) is 6.49. The summed E-state index contributed by atoms with van der Waals surface area (Å²) in [6, 6.07) is 10.5. The molecule has 0 unspecified atom stereocenters. The van der Waals surface area contributed by atoms with Crippen molar-refractivity contribution in [1.82, 2.24) is 14.8 Å². The molecule has 4 rings (SSSR count). The highest BCUT2D eigenvalue weighted by Crippen LogP contribution is 2.28. The number of rotatable bonds is 7. The molecule has 1 atom stereocenters. The number of hydrogen-bond acceptors (Lipinski definition) is 7. The van der Waals surface area contributed by atoms with Crippen molar-refractivity contribution in [2.45, 2.75) is 12.6 Å². The molecule has 0 aliphatic carbocycles. The van der Waals surface area contributed by atoms with Gasteiger partial charge in [-0.2, -0.15) is 0 Å². The number of fused-ring (bicyclic) bond motifs is 1. The number of nitrogen functional groups attached to an aromatic ring is 1. The van der Waals surface area contributed by atoms with Gasteiger partial charge in [0.05, 0.1) is 10.9 Å². The summed E-state index contributed by atoms with van der Waals surface area (Å²) in [7, 11) is 1.51. The van der Waals surface area contributed by atoms with Crippen LogP contribution in [0.1, 0.15) is 5.56 Å². The Balaban J connectivity index is 1.44. The van der Waals surface area contributed by atoms with E-state index in [-0.39, 0.29) is 25.0 Å². The largest absolute Gasteiger partial charge is 0.474 e. The molecule has 168 valence electrons. The summed E-state index contributed by atoms with van der Waals surface area (Å²) >= 11 is 7.15. The lowest BCUT2D eigenvalue weighted by Gasteiger charge is -2.40. The van der Waals surface area contributed by atoms with Crippen molar-refractivity contribution in [1.29, 1.82) is 0 Å². The lowest BCUT2D eigenvalue weighted by molar-refractivity contribution is -0.155. The fraction of sp³-hybridized carbons (Fsp3) is 0.318. The van der Waals surface area contributed by atoms with E-state index in [1.807, 2.05) is 24.3 Å². The van der Waals surface area contributed by atoms with E-state index in [1.165, 1.54) is 23.3 Å². The van der Waals surface area contributed by atoms with Crippen molar-refractivity contribution >= 4 is 51.3 Å². The first-order chi connectivity index (χ1) is 15.5. The summed E-state index contributed by atoms with van der Waals surface area (Å²) in [6.45, 7) is 1.21. The fourth-order valence-corrected chi connectivity index (χ4v) is 4.65. The van der Waals surface area contributed by atoms with E-state index < -0.39 is 6.04 Å².